The lowest BCUT2D eigenvalue weighted by atomic mass is 9.85. The zero-order chi connectivity index (χ0) is 17.6. The summed E-state index contributed by atoms with van der Waals surface area (Å²) in [5.41, 5.74) is 4.17. The molecule has 1 aliphatic rings. The predicted molar refractivity (Wildman–Crippen MR) is 106 cm³/mol. The van der Waals surface area contributed by atoms with Crippen molar-refractivity contribution >= 4 is 28.7 Å². The quantitative estimate of drug-likeness (QED) is 0.746. The fourth-order valence-corrected chi connectivity index (χ4v) is 3.06. The summed E-state index contributed by atoms with van der Waals surface area (Å²) in [5.74, 6) is 0.362. The maximum Gasteiger partial charge on any atom is 0.227 e. The molecule has 25 heavy (non-hydrogen) atoms. The van der Waals surface area contributed by atoms with Crippen molar-refractivity contribution in [2.45, 2.75) is 33.1 Å². The van der Waals surface area contributed by atoms with Gasteiger partial charge >= 0.3 is 0 Å². The second-order valence-electron chi connectivity index (χ2n) is 6.54. The first kappa shape index (κ1) is 17.3. The molecule has 4 heteroatoms. The third kappa shape index (κ3) is 4.32. The Kier molecular flexibility index (Phi) is 5.59. The summed E-state index contributed by atoms with van der Waals surface area (Å²) in [4.78, 5) is 14.3. The zero-order valence-corrected chi connectivity index (χ0v) is 15.1. The van der Waals surface area contributed by atoms with Gasteiger partial charge in [-0.25, -0.2) is 0 Å². The molecular weight excluding hydrogens is 310 g/mol. The number of hydrogen-bond acceptors (Lipinski definition) is 3. The minimum atomic E-state index is 0.152. The number of hydrogen-bond donors (Lipinski definition) is 2. The molecule has 2 N–H and O–H groups in total. The van der Waals surface area contributed by atoms with Gasteiger partial charge in [0.1, 0.15) is 0 Å². The van der Waals surface area contributed by atoms with Crippen LogP contribution in [0.4, 0.5) is 22.7 Å². The van der Waals surface area contributed by atoms with E-state index in [-0.39, 0.29) is 11.8 Å². The minimum Gasteiger partial charge on any atom is -0.372 e. The SMILES string of the molecule is CCN(CC)c1ccc(Nc2ccc(NC(=O)C3CCC3)cc2)cc1. The van der Waals surface area contributed by atoms with Crippen LogP contribution in [0.2, 0.25) is 0 Å². The molecule has 2 aromatic rings. The molecule has 0 unspecified atom stereocenters. The van der Waals surface area contributed by atoms with Crippen molar-refractivity contribution in [3.63, 3.8) is 0 Å². The second-order valence-corrected chi connectivity index (χ2v) is 6.54. The zero-order valence-electron chi connectivity index (χ0n) is 15.1. The van der Waals surface area contributed by atoms with Crippen molar-refractivity contribution in [1.29, 1.82) is 0 Å². The number of anilines is 4. The van der Waals surface area contributed by atoms with Crippen LogP contribution in [0, 0.1) is 5.92 Å². The van der Waals surface area contributed by atoms with E-state index in [1.54, 1.807) is 0 Å². The average Bonchev–Trinajstić information content (AvgIpc) is 2.57. The molecule has 3 rings (SSSR count). The summed E-state index contributed by atoms with van der Waals surface area (Å²) >= 11 is 0. The molecule has 0 aromatic heterocycles. The molecule has 2 aromatic carbocycles. The van der Waals surface area contributed by atoms with Gasteiger partial charge < -0.3 is 15.5 Å². The van der Waals surface area contributed by atoms with Crippen molar-refractivity contribution in [2.24, 2.45) is 5.92 Å². The van der Waals surface area contributed by atoms with Crippen LogP contribution in [-0.4, -0.2) is 19.0 Å². The van der Waals surface area contributed by atoms with Gasteiger partial charge in [0.25, 0.3) is 0 Å². The van der Waals surface area contributed by atoms with Crippen molar-refractivity contribution in [3.8, 4) is 0 Å². The summed E-state index contributed by atoms with van der Waals surface area (Å²) in [6.45, 7) is 6.36. The fourth-order valence-electron chi connectivity index (χ4n) is 3.06. The molecule has 0 atom stereocenters. The Balaban J connectivity index is 1.58. The molecule has 4 nitrogen and oxygen atoms in total. The Labute approximate surface area is 150 Å². The molecule has 1 amide bonds. The Morgan fingerprint density at radius 1 is 0.920 bits per heavy atom. The first-order valence-corrected chi connectivity index (χ1v) is 9.22. The maximum absolute atomic E-state index is 12.0. The number of nitrogens with zero attached hydrogens (tertiary/aromatic N) is 1. The molecule has 0 aliphatic heterocycles. The summed E-state index contributed by atoms with van der Waals surface area (Å²) < 4.78 is 0. The topological polar surface area (TPSA) is 44.4 Å². The van der Waals surface area contributed by atoms with Gasteiger partial charge in [0.05, 0.1) is 0 Å². The monoisotopic (exact) mass is 337 g/mol. The number of carbonyl (C=O) groups is 1. The van der Waals surface area contributed by atoms with E-state index in [9.17, 15) is 4.79 Å². The van der Waals surface area contributed by atoms with E-state index in [1.165, 1.54) is 12.1 Å². The van der Waals surface area contributed by atoms with Crippen molar-refractivity contribution in [3.05, 3.63) is 48.5 Å². The lowest BCUT2D eigenvalue weighted by Crippen LogP contribution is -2.27. The van der Waals surface area contributed by atoms with Crippen LogP contribution in [0.3, 0.4) is 0 Å². The lowest BCUT2D eigenvalue weighted by molar-refractivity contribution is -0.122. The van der Waals surface area contributed by atoms with Gasteiger partial charge in [0.15, 0.2) is 0 Å². The molecule has 0 radical (unpaired) electrons. The molecular formula is C21H27N3O. The van der Waals surface area contributed by atoms with Crippen LogP contribution >= 0.6 is 0 Å². The largest absolute Gasteiger partial charge is 0.372 e. The molecule has 1 saturated carbocycles. The van der Waals surface area contributed by atoms with Crippen molar-refractivity contribution in [2.75, 3.05) is 28.6 Å². The first-order valence-electron chi connectivity index (χ1n) is 9.22. The van der Waals surface area contributed by atoms with Gasteiger partial charge in [-0.3, -0.25) is 4.79 Å². The van der Waals surface area contributed by atoms with E-state index in [4.69, 9.17) is 0 Å². The Bertz CT molecular complexity index is 686. The number of carbonyl (C=O) groups excluding carboxylic acids is 1. The maximum atomic E-state index is 12.0. The van der Waals surface area contributed by atoms with Crippen LogP contribution in [0.25, 0.3) is 0 Å². The Hall–Kier alpha value is -2.49. The molecule has 0 bridgehead atoms. The number of benzene rings is 2. The number of amides is 1. The van der Waals surface area contributed by atoms with Crippen LogP contribution in [0.15, 0.2) is 48.5 Å². The third-order valence-electron chi connectivity index (χ3n) is 4.91. The highest BCUT2D eigenvalue weighted by molar-refractivity contribution is 5.93. The van der Waals surface area contributed by atoms with E-state index >= 15 is 0 Å². The van der Waals surface area contributed by atoms with E-state index in [1.807, 2.05) is 24.3 Å². The highest BCUT2D eigenvalue weighted by atomic mass is 16.1. The summed E-state index contributed by atoms with van der Waals surface area (Å²) in [5, 5.41) is 6.40. The molecule has 1 aliphatic carbocycles. The predicted octanol–water partition coefficient (Wildman–Crippen LogP) is 5.02. The van der Waals surface area contributed by atoms with Gasteiger partial charge in [0.2, 0.25) is 5.91 Å². The van der Waals surface area contributed by atoms with Crippen LogP contribution in [0.5, 0.6) is 0 Å². The molecule has 0 heterocycles. The van der Waals surface area contributed by atoms with Gasteiger partial charge in [-0.1, -0.05) is 6.42 Å². The Morgan fingerprint density at radius 2 is 1.44 bits per heavy atom. The highest BCUT2D eigenvalue weighted by Gasteiger charge is 2.24. The summed E-state index contributed by atoms with van der Waals surface area (Å²) in [6.07, 6.45) is 3.22. The van der Waals surface area contributed by atoms with Crippen molar-refractivity contribution < 1.29 is 4.79 Å². The van der Waals surface area contributed by atoms with Crippen molar-refractivity contribution in [1.82, 2.24) is 0 Å². The van der Waals surface area contributed by atoms with Gasteiger partial charge in [-0.2, -0.15) is 0 Å². The average molecular weight is 337 g/mol. The minimum absolute atomic E-state index is 0.152. The Morgan fingerprint density at radius 3 is 1.92 bits per heavy atom. The van der Waals surface area contributed by atoms with Crippen LogP contribution < -0.4 is 15.5 Å². The summed E-state index contributed by atoms with van der Waals surface area (Å²) in [7, 11) is 0. The third-order valence-corrected chi connectivity index (χ3v) is 4.91. The lowest BCUT2D eigenvalue weighted by Gasteiger charge is -2.24. The van der Waals surface area contributed by atoms with Gasteiger partial charge in [-0.15, -0.1) is 0 Å². The van der Waals surface area contributed by atoms with E-state index < -0.39 is 0 Å². The van der Waals surface area contributed by atoms with Crippen LogP contribution in [-0.2, 0) is 4.79 Å². The normalized spacial score (nSPS) is 13.8. The van der Waals surface area contributed by atoms with Gasteiger partial charge in [-0.05, 0) is 75.2 Å². The first-order chi connectivity index (χ1) is 12.2. The molecule has 132 valence electrons. The van der Waals surface area contributed by atoms with Crippen LogP contribution in [0.1, 0.15) is 33.1 Å². The molecule has 0 spiro atoms. The van der Waals surface area contributed by atoms with Gasteiger partial charge in [0, 0.05) is 41.8 Å². The smallest absolute Gasteiger partial charge is 0.227 e. The summed E-state index contributed by atoms with van der Waals surface area (Å²) in [6, 6.07) is 16.4. The van der Waals surface area contributed by atoms with E-state index in [0.717, 1.165) is 43.0 Å². The van der Waals surface area contributed by atoms with E-state index in [0.29, 0.717) is 0 Å². The molecule has 1 fully saturated rings. The number of rotatable bonds is 7. The van der Waals surface area contributed by atoms with E-state index in [2.05, 4.69) is 53.6 Å². The standard InChI is InChI=1S/C21H27N3O/c1-3-24(4-2)20-14-12-18(13-15-20)22-17-8-10-19(11-9-17)23-21(25)16-6-5-7-16/h8-16,22H,3-7H2,1-2H3,(H,23,25). The number of nitrogens with one attached hydrogen (secondary N) is 2. The molecule has 0 saturated heterocycles. The fraction of sp³-hybridized carbons (Fsp3) is 0.381. The highest BCUT2D eigenvalue weighted by Crippen LogP contribution is 2.28. The second kappa shape index (κ2) is 8.06.